The smallest absolute Gasteiger partial charge is 0.286 e. The second-order valence-corrected chi connectivity index (χ2v) is 6.80. The lowest BCUT2D eigenvalue weighted by Gasteiger charge is -2.55. The van der Waals surface area contributed by atoms with Crippen LogP contribution >= 0.6 is 11.9 Å². The highest BCUT2D eigenvalue weighted by Gasteiger charge is 2.47. The summed E-state index contributed by atoms with van der Waals surface area (Å²) >= 11 is 1.63. The zero-order chi connectivity index (χ0) is 13.7. The molecule has 6 heteroatoms. The number of nitrogens with zero attached hydrogens (tertiary/aromatic N) is 2. The number of hydrogen-bond acceptors (Lipinski definition) is 4. The van der Waals surface area contributed by atoms with Crippen LogP contribution in [0.25, 0.3) is 0 Å². The molecule has 0 radical (unpaired) electrons. The Kier molecular flexibility index (Phi) is 3.07. The van der Waals surface area contributed by atoms with Crippen molar-refractivity contribution >= 4 is 11.9 Å². The second kappa shape index (κ2) is 4.40. The van der Waals surface area contributed by atoms with Gasteiger partial charge in [-0.3, -0.25) is 4.98 Å². The van der Waals surface area contributed by atoms with Crippen LogP contribution in [-0.2, 0) is 5.92 Å². The molecule has 2 aliphatic heterocycles. The van der Waals surface area contributed by atoms with Crippen molar-refractivity contribution < 1.29 is 8.78 Å². The molecule has 0 atom stereocenters. The van der Waals surface area contributed by atoms with Gasteiger partial charge in [0.25, 0.3) is 5.92 Å². The van der Waals surface area contributed by atoms with Gasteiger partial charge in [-0.15, -0.1) is 0 Å². The Morgan fingerprint density at radius 1 is 1.37 bits per heavy atom. The number of rotatable bonds is 3. The molecule has 2 aliphatic rings. The molecule has 0 aromatic carbocycles. The zero-order valence-electron chi connectivity index (χ0n) is 11.0. The molecule has 0 unspecified atom stereocenters. The number of aromatic nitrogens is 1. The summed E-state index contributed by atoms with van der Waals surface area (Å²) in [7, 11) is 0. The summed E-state index contributed by atoms with van der Waals surface area (Å²) in [5, 5.41) is 3.29. The van der Waals surface area contributed by atoms with E-state index in [1.165, 1.54) is 6.07 Å². The minimum Gasteiger partial charge on any atom is -0.315 e. The summed E-state index contributed by atoms with van der Waals surface area (Å²) < 4.78 is 28.6. The molecule has 3 heterocycles. The van der Waals surface area contributed by atoms with Crippen LogP contribution in [0, 0.1) is 12.3 Å². The summed E-state index contributed by atoms with van der Waals surface area (Å²) in [6.45, 7) is 7.00. The normalized spacial score (nSPS) is 22.1. The maximum Gasteiger partial charge on any atom is 0.286 e. The maximum absolute atomic E-state index is 13.2. The third-order valence-corrected chi connectivity index (χ3v) is 4.88. The van der Waals surface area contributed by atoms with Gasteiger partial charge in [0.15, 0.2) is 0 Å². The van der Waals surface area contributed by atoms with Crippen LogP contribution in [0.4, 0.5) is 8.78 Å². The molecule has 0 bridgehead atoms. The number of hydrogen-bond donors (Lipinski definition) is 1. The van der Waals surface area contributed by atoms with Crippen molar-refractivity contribution in [3.63, 3.8) is 0 Å². The van der Waals surface area contributed by atoms with Gasteiger partial charge >= 0.3 is 0 Å². The third-order valence-electron chi connectivity index (χ3n) is 3.74. The quantitative estimate of drug-likeness (QED) is 0.863. The van der Waals surface area contributed by atoms with E-state index < -0.39 is 5.92 Å². The van der Waals surface area contributed by atoms with Gasteiger partial charge < -0.3 is 5.32 Å². The van der Waals surface area contributed by atoms with Gasteiger partial charge in [-0.2, -0.15) is 8.78 Å². The van der Waals surface area contributed by atoms with Crippen molar-refractivity contribution in [3.8, 4) is 0 Å². The fourth-order valence-corrected chi connectivity index (χ4v) is 3.76. The van der Waals surface area contributed by atoms with Gasteiger partial charge in [0, 0.05) is 43.4 Å². The Labute approximate surface area is 115 Å². The van der Waals surface area contributed by atoms with E-state index in [-0.39, 0.29) is 5.69 Å². The highest BCUT2D eigenvalue weighted by atomic mass is 32.2. The molecule has 2 saturated heterocycles. The van der Waals surface area contributed by atoms with Crippen LogP contribution in [0.1, 0.15) is 18.3 Å². The van der Waals surface area contributed by atoms with Crippen molar-refractivity contribution in [2.45, 2.75) is 24.7 Å². The number of aryl methyl sites for hydroxylation is 1. The molecule has 1 aromatic heterocycles. The molecule has 3 nitrogen and oxygen atoms in total. The highest BCUT2D eigenvalue weighted by molar-refractivity contribution is 7.97. The van der Waals surface area contributed by atoms with E-state index in [4.69, 9.17) is 0 Å². The maximum atomic E-state index is 13.2. The summed E-state index contributed by atoms with van der Waals surface area (Å²) in [5.74, 6) is -2.87. The van der Waals surface area contributed by atoms with E-state index in [0.717, 1.165) is 38.0 Å². The Balaban J connectivity index is 1.65. The van der Waals surface area contributed by atoms with Gasteiger partial charge in [0.2, 0.25) is 0 Å². The summed E-state index contributed by atoms with van der Waals surface area (Å²) in [4.78, 5) is 4.98. The van der Waals surface area contributed by atoms with Crippen molar-refractivity contribution in [1.29, 1.82) is 0 Å². The van der Waals surface area contributed by atoms with E-state index in [2.05, 4.69) is 14.6 Å². The topological polar surface area (TPSA) is 28.2 Å². The fourth-order valence-electron chi connectivity index (χ4n) is 2.50. The van der Waals surface area contributed by atoms with E-state index in [1.807, 2.05) is 0 Å². The van der Waals surface area contributed by atoms with Crippen LogP contribution in [0.2, 0.25) is 0 Å². The fraction of sp³-hybridized carbons (Fsp3) is 0.615. The number of pyridine rings is 1. The van der Waals surface area contributed by atoms with Gasteiger partial charge in [-0.25, -0.2) is 4.31 Å². The standard InChI is InChI=1S/C13H17F2N3S/c1-9-10(3-4-11(17-9)12(2,14)15)19-18-7-13(8-18)5-16-6-13/h3-4,16H,5-8H2,1-2H3. The first-order chi connectivity index (χ1) is 8.88. The number of halogens is 2. The lowest BCUT2D eigenvalue weighted by atomic mass is 9.76. The van der Waals surface area contributed by atoms with Gasteiger partial charge in [0.1, 0.15) is 5.69 Å². The SMILES string of the molecule is Cc1nc(C(C)(F)F)ccc1SN1CC2(CNC2)C1. The van der Waals surface area contributed by atoms with Crippen LogP contribution < -0.4 is 5.32 Å². The average Bonchev–Trinajstić information content (AvgIpc) is 2.20. The first kappa shape index (κ1) is 13.3. The molecule has 2 fully saturated rings. The summed E-state index contributed by atoms with van der Waals surface area (Å²) in [6, 6.07) is 3.18. The van der Waals surface area contributed by atoms with Crippen molar-refractivity contribution in [2.24, 2.45) is 5.41 Å². The molecule has 3 rings (SSSR count). The first-order valence-corrected chi connectivity index (χ1v) is 7.15. The summed E-state index contributed by atoms with van der Waals surface area (Å²) in [6.07, 6.45) is 0. The van der Waals surface area contributed by atoms with Gasteiger partial charge in [0.05, 0.1) is 5.69 Å². The molecule has 1 spiro atoms. The Morgan fingerprint density at radius 2 is 2.05 bits per heavy atom. The molecule has 0 aliphatic carbocycles. The Hall–Kier alpha value is -0.720. The molecule has 0 saturated carbocycles. The van der Waals surface area contributed by atoms with E-state index in [9.17, 15) is 8.78 Å². The molecule has 1 N–H and O–H groups in total. The lowest BCUT2D eigenvalue weighted by molar-refractivity contribution is 0.0125. The Morgan fingerprint density at radius 3 is 2.53 bits per heavy atom. The summed E-state index contributed by atoms with van der Waals surface area (Å²) in [5.41, 5.74) is 0.999. The predicted molar refractivity (Wildman–Crippen MR) is 71.3 cm³/mol. The number of alkyl halides is 2. The minimum atomic E-state index is -2.87. The monoisotopic (exact) mass is 285 g/mol. The number of nitrogens with one attached hydrogen (secondary N) is 1. The molecule has 104 valence electrons. The average molecular weight is 285 g/mol. The van der Waals surface area contributed by atoms with Crippen LogP contribution in [0.15, 0.2) is 17.0 Å². The largest absolute Gasteiger partial charge is 0.315 e. The predicted octanol–water partition coefficient (Wildman–Crippen LogP) is 2.41. The van der Waals surface area contributed by atoms with E-state index >= 15 is 0 Å². The van der Waals surface area contributed by atoms with Crippen LogP contribution in [0.3, 0.4) is 0 Å². The van der Waals surface area contributed by atoms with E-state index in [0.29, 0.717) is 11.1 Å². The van der Waals surface area contributed by atoms with Gasteiger partial charge in [-0.05, 0) is 31.0 Å². The molecular formula is C13H17F2N3S. The second-order valence-electron chi connectivity index (χ2n) is 5.66. The third kappa shape index (κ3) is 2.49. The molecule has 1 aromatic rings. The van der Waals surface area contributed by atoms with Crippen molar-refractivity contribution in [3.05, 3.63) is 23.5 Å². The molecule has 0 amide bonds. The van der Waals surface area contributed by atoms with Crippen LogP contribution in [0.5, 0.6) is 0 Å². The Bertz CT molecular complexity index is 489. The molecule has 19 heavy (non-hydrogen) atoms. The lowest BCUT2D eigenvalue weighted by Crippen LogP contribution is -2.69. The van der Waals surface area contributed by atoms with Crippen molar-refractivity contribution in [2.75, 3.05) is 26.2 Å². The van der Waals surface area contributed by atoms with Crippen molar-refractivity contribution in [1.82, 2.24) is 14.6 Å². The minimum absolute atomic E-state index is 0.155. The highest BCUT2D eigenvalue weighted by Crippen LogP contribution is 2.41. The van der Waals surface area contributed by atoms with Gasteiger partial charge in [-0.1, -0.05) is 0 Å². The zero-order valence-corrected chi connectivity index (χ0v) is 11.9. The molecular weight excluding hydrogens is 268 g/mol. The van der Waals surface area contributed by atoms with Crippen LogP contribution in [-0.4, -0.2) is 35.5 Å². The first-order valence-electron chi connectivity index (χ1n) is 6.38. The van der Waals surface area contributed by atoms with E-state index in [1.54, 1.807) is 24.9 Å².